The van der Waals surface area contributed by atoms with Gasteiger partial charge in [-0.25, -0.2) is 4.99 Å². The van der Waals surface area contributed by atoms with Gasteiger partial charge in [-0.05, 0) is 125 Å². The Balaban J connectivity index is 1.62. The highest BCUT2D eigenvalue weighted by molar-refractivity contribution is 8.18. The smallest absolute Gasteiger partial charge is 0.264 e. The van der Waals surface area contributed by atoms with E-state index in [1.54, 1.807) is 0 Å². The number of carbonyl (C=O) groups excluding carboxylic acids is 1. The molecule has 0 spiro atoms. The van der Waals surface area contributed by atoms with Crippen LogP contribution in [0.4, 0.5) is 11.4 Å². The Morgan fingerprint density at radius 1 is 1.26 bits per heavy atom. The molecule has 5 nitrogen and oxygen atoms in total. The van der Waals surface area contributed by atoms with E-state index in [1.807, 2.05) is 37.3 Å². The highest BCUT2D eigenvalue weighted by Crippen LogP contribution is 2.45. The Morgan fingerprint density at radius 2 is 1.97 bits per heavy atom. The van der Waals surface area contributed by atoms with Gasteiger partial charge in [-0.15, -0.1) is 0 Å². The topological polar surface area (TPSA) is 53.9 Å². The van der Waals surface area contributed by atoms with E-state index in [0.717, 1.165) is 23.4 Å². The van der Waals surface area contributed by atoms with Gasteiger partial charge in [0.25, 0.3) is 5.91 Å². The lowest BCUT2D eigenvalue weighted by Crippen LogP contribution is -2.51. The number of nitrogens with zero attached hydrogens (tertiary/aromatic N) is 2. The first-order valence-electron chi connectivity index (χ1n) is 12.1. The third-order valence-electron chi connectivity index (χ3n) is 6.50. The maximum Gasteiger partial charge on any atom is 0.264 e. The summed E-state index contributed by atoms with van der Waals surface area (Å²) < 4.78 is 5.48. The first kappa shape index (κ1) is 24.4. The molecule has 2 heterocycles. The molecule has 2 aromatic carbocycles. The van der Waals surface area contributed by atoms with Crippen LogP contribution in [0.25, 0.3) is 6.08 Å². The minimum absolute atomic E-state index is 0.107. The van der Waals surface area contributed by atoms with Gasteiger partial charge in [0.1, 0.15) is 5.75 Å². The van der Waals surface area contributed by atoms with Crippen molar-refractivity contribution >= 4 is 40.3 Å². The number of thioether (sulfide) groups is 1. The Hall–Kier alpha value is -2.73. The Labute approximate surface area is 207 Å². The van der Waals surface area contributed by atoms with Gasteiger partial charge in [0.05, 0.1) is 17.2 Å². The van der Waals surface area contributed by atoms with Gasteiger partial charge >= 0.3 is 0 Å². The van der Waals surface area contributed by atoms with Gasteiger partial charge in [-0.2, -0.15) is 0 Å². The van der Waals surface area contributed by atoms with E-state index < -0.39 is 0 Å². The summed E-state index contributed by atoms with van der Waals surface area (Å²) in [7, 11) is 0. The first-order chi connectivity index (χ1) is 16.1. The number of aryl methyl sites for hydroxylation is 1. The lowest BCUT2D eigenvalue weighted by Gasteiger charge is -2.50. The van der Waals surface area contributed by atoms with E-state index in [1.165, 1.54) is 28.6 Å². The average molecular weight is 478 g/mol. The summed E-state index contributed by atoms with van der Waals surface area (Å²) in [6, 6.07) is 12.6. The zero-order valence-corrected chi connectivity index (χ0v) is 22.0. The predicted molar refractivity (Wildman–Crippen MR) is 144 cm³/mol. The second-order valence-corrected chi connectivity index (χ2v) is 11.1. The minimum atomic E-state index is -0.107. The summed E-state index contributed by atoms with van der Waals surface area (Å²) in [6.45, 7) is 16.2. The van der Waals surface area contributed by atoms with E-state index in [9.17, 15) is 4.79 Å². The minimum Gasteiger partial charge on any atom is -0.494 e. The molecule has 6 heteroatoms. The monoisotopic (exact) mass is 477 g/mol. The maximum absolute atomic E-state index is 12.7. The molecule has 2 aromatic rings. The van der Waals surface area contributed by atoms with Crippen molar-refractivity contribution in [2.24, 2.45) is 4.99 Å². The summed E-state index contributed by atoms with van der Waals surface area (Å²) in [6.07, 6.45) is 3.11. The number of ether oxygens (including phenoxy) is 1. The van der Waals surface area contributed by atoms with Crippen molar-refractivity contribution in [2.75, 3.05) is 11.5 Å². The quantitative estimate of drug-likeness (QED) is 0.482. The highest BCUT2D eigenvalue weighted by atomic mass is 32.2. The number of amides is 1. The second kappa shape index (κ2) is 9.49. The lowest BCUT2D eigenvalue weighted by molar-refractivity contribution is -0.115. The van der Waals surface area contributed by atoms with Crippen LogP contribution in [0.3, 0.4) is 0 Å². The molecule has 34 heavy (non-hydrogen) atoms. The third kappa shape index (κ3) is 4.88. The van der Waals surface area contributed by atoms with Crippen LogP contribution in [-0.4, -0.2) is 29.3 Å². The predicted octanol–water partition coefficient (Wildman–Crippen LogP) is 6.79. The van der Waals surface area contributed by atoms with Crippen LogP contribution in [0.1, 0.15) is 70.6 Å². The molecule has 1 saturated heterocycles. The summed E-state index contributed by atoms with van der Waals surface area (Å²) in [5.74, 6) is 1.16. The van der Waals surface area contributed by atoms with E-state index in [0.29, 0.717) is 28.6 Å². The van der Waals surface area contributed by atoms with Gasteiger partial charge in [-0.3, -0.25) is 4.79 Å². The molecule has 0 aromatic heterocycles. The number of carbonyl (C=O) groups is 1. The largest absolute Gasteiger partial charge is 0.494 e. The van der Waals surface area contributed by atoms with Crippen molar-refractivity contribution < 1.29 is 9.53 Å². The number of fused-ring (bicyclic) bond motifs is 1. The molecule has 0 radical (unpaired) electrons. The van der Waals surface area contributed by atoms with Crippen molar-refractivity contribution in [3.05, 3.63) is 58.0 Å². The molecule has 1 atom stereocenters. The summed E-state index contributed by atoms with van der Waals surface area (Å²) >= 11 is 1.38. The molecule has 1 N–H and O–H groups in total. The highest BCUT2D eigenvalue weighted by Gasteiger charge is 2.38. The van der Waals surface area contributed by atoms with Crippen LogP contribution in [-0.2, 0) is 4.79 Å². The average Bonchev–Trinajstić information content (AvgIpc) is 3.08. The van der Waals surface area contributed by atoms with E-state index in [-0.39, 0.29) is 11.4 Å². The van der Waals surface area contributed by atoms with Crippen molar-refractivity contribution in [1.29, 1.82) is 0 Å². The molecule has 4 rings (SSSR count). The summed E-state index contributed by atoms with van der Waals surface area (Å²) in [5, 5.41) is 3.50. The van der Waals surface area contributed by atoms with Gasteiger partial charge < -0.3 is 15.0 Å². The normalized spacial score (nSPS) is 21.8. The van der Waals surface area contributed by atoms with Gasteiger partial charge in [0.2, 0.25) is 0 Å². The number of hydrogen-bond donors (Lipinski definition) is 1. The molecular formula is C28H35N3O2S. The van der Waals surface area contributed by atoms with E-state index in [4.69, 9.17) is 4.74 Å². The number of hydrogen-bond acceptors (Lipinski definition) is 5. The van der Waals surface area contributed by atoms with Crippen molar-refractivity contribution in [2.45, 2.75) is 72.4 Å². The van der Waals surface area contributed by atoms with Gasteiger partial charge in [-0.1, -0.05) is 6.92 Å². The molecule has 1 fully saturated rings. The molecule has 2 aliphatic rings. The van der Waals surface area contributed by atoms with Crippen molar-refractivity contribution in [3.63, 3.8) is 0 Å². The Kier molecular flexibility index (Phi) is 6.81. The van der Waals surface area contributed by atoms with E-state index >= 15 is 0 Å². The summed E-state index contributed by atoms with van der Waals surface area (Å²) in [4.78, 5) is 20.5. The van der Waals surface area contributed by atoms with Crippen LogP contribution in [0.15, 0.2) is 46.3 Å². The fourth-order valence-corrected chi connectivity index (χ4v) is 6.10. The SMILES string of the molecule is CCOc1ccc(N=C2NC(=O)/C(=C/c3cc4c(cc3C)N(C(C)C)C(C)(C)C[C@@H]4C)S2)cc1. The van der Waals surface area contributed by atoms with Gasteiger partial charge in [0, 0.05) is 17.3 Å². The second-order valence-electron chi connectivity index (χ2n) is 10.1. The number of anilines is 1. The fraction of sp³-hybridized carbons (Fsp3) is 0.429. The standard InChI is InChI=1S/C28H35N3O2S/c1-8-33-22-11-9-21(10-12-22)29-27-30-26(32)25(34-27)15-20-14-23-19(5)16-28(6,7)31(17(2)3)24(23)13-18(20)4/h9-15,17,19H,8,16H2,1-7H3,(H,29,30,32)/b25-15-/t19-/m0/s1. The van der Waals surface area contributed by atoms with Gasteiger partial charge in [0.15, 0.2) is 5.17 Å². The summed E-state index contributed by atoms with van der Waals surface area (Å²) in [5.41, 5.74) is 5.83. The first-order valence-corrected chi connectivity index (χ1v) is 12.9. The van der Waals surface area contributed by atoms with Crippen LogP contribution in [0.2, 0.25) is 0 Å². The molecule has 1 amide bonds. The number of amidine groups is 1. The fourth-order valence-electron chi connectivity index (χ4n) is 5.27. The van der Waals surface area contributed by atoms with Crippen LogP contribution < -0.4 is 15.0 Å². The maximum atomic E-state index is 12.7. The number of nitrogens with one attached hydrogen (secondary N) is 1. The molecule has 0 aliphatic carbocycles. The number of rotatable bonds is 5. The number of benzene rings is 2. The molecule has 180 valence electrons. The molecule has 0 unspecified atom stereocenters. The third-order valence-corrected chi connectivity index (χ3v) is 7.41. The molecule has 2 aliphatic heterocycles. The molecule has 0 bridgehead atoms. The van der Waals surface area contributed by atoms with Crippen LogP contribution in [0.5, 0.6) is 5.75 Å². The number of aliphatic imine (C=N–C) groups is 1. The Morgan fingerprint density at radius 3 is 2.62 bits per heavy atom. The van der Waals surface area contributed by atoms with Crippen LogP contribution in [0, 0.1) is 6.92 Å². The van der Waals surface area contributed by atoms with Crippen LogP contribution >= 0.6 is 11.8 Å². The zero-order valence-electron chi connectivity index (χ0n) is 21.2. The molecular weight excluding hydrogens is 442 g/mol. The van der Waals surface area contributed by atoms with E-state index in [2.05, 4.69) is 68.9 Å². The zero-order chi connectivity index (χ0) is 24.6. The van der Waals surface area contributed by atoms with Crippen molar-refractivity contribution in [1.82, 2.24) is 5.32 Å². The molecule has 0 saturated carbocycles. The van der Waals surface area contributed by atoms with Crippen molar-refractivity contribution in [3.8, 4) is 5.75 Å². The lowest BCUT2D eigenvalue weighted by atomic mass is 9.78. The Bertz CT molecular complexity index is 1150.